The summed E-state index contributed by atoms with van der Waals surface area (Å²) < 4.78 is 5.40. The van der Waals surface area contributed by atoms with Crippen LogP contribution in [0.1, 0.15) is 21.6 Å². The van der Waals surface area contributed by atoms with Crippen molar-refractivity contribution in [2.24, 2.45) is 0 Å². The Kier molecular flexibility index (Phi) is 7.22. The van der Waals surface area contributed by atoms with Gasteiger partial charge in [-0.25, -0.2) is 9.78 Å². The fourth-order valence-electron chi connectivity index (χ4n) is 2.89. The highest BCUT2D eigenvalue weighted by Crippen LogP contribution is 2.26. The molecule has 0 aliphatic heterocycles. The normalized spacial score (nSPS) is 10.2. The van der Waals surface area contributed by atoms with Gasteiger partial charge in [0.05, 0.1) is 30.9 Å². The van der Waals surface area contributed by atoms with Gasteiger partial charge in [0.1, 0.15) is 5.75 Å². The van der Waals surface area contributed by atoms with Crippen LogP contribution in [0.25, 0.3) is 0 Å². The molecule has 0 fully saturated rings. The maximum Gasteiger partial charge on any atom is 0.324 e. The van der Waals surface area contributed by atoms with Crippen molar-refractivity contribution >= 4 is 29.1 Å². The number of amides is 3. The molecule has 0 radical (unpaired) electrons. The van der Waals surface area contributed by atoms with E-state index in [1.165, 1.54) is 13.3 Å². The topological polar surface area (TPSA) is 108 Å². The Morgan fingerprint density at radius 2 is 1.84 bits per heavy atom. The second-order valence-electron chi connectivity index (χ2n) is 7.28. The van der Waals surface area contributed by atoms with E-state index in [9.17, 15) is 9.59 Å². The monoisotopic (exact) mass is 434 g/mol. The summed E-state index contributed by atoms with van der Waals surface area (Å²) in [4.78, 5) is 34.9. The third-order valence-corrected chi connectivity index (χ3v) is 4.61. The lowest BCUT2D eigenvalue weighted by Crippen LogP contribution is -2.23. The summed E-state index contributed by atoms with van der Waals surface area (Å²) in [6.45, 7) is 2.12. The van der Waals surface area contributed by atoms with Crippen molar-refractivity contribution in [1.29, 1.82) is 0 Å². The lowest BCUT2D eigenvalue weighted by Gasteiger charge is -2.14. The molecule has 3 N–H and O–H groups in total. The number of carbonyl (C=O) groups excluding carboxylic acids is 2. The van der Waals surface area contributed by atoms with Gasteiger partial charge in [-0.05, 0) is 42.8 Å². The van der Waals surface area contributed by atoms with E-state index in [0.717, 1.165) is 16.9 Å². The largest absolute Gasteiger partial charge is 0.495 e. The van der Waals surface area contributed by atoms with Crippen LogP contribution in [0.15, 0.2) is 54.9 Å². The molecule has 1 heterocycles. The molecule has 166 valence electrons. The Labute approximate surface area is 186 Å². The third kappa shape index (κ3) is 5.94. The van der Waals surface area contributed by atoms with E-state index in [-0.39, 0.29) is 5.91 Å². The summed E-state index contributed by atoms with van der Waals surface area (Å²) in [5.41, 5.74) is 3.60. The number of ether oxygens (including phenoxy) is 1. The van der Waals surface area contributed by atoms with Crippen molar-refractivity contribution < 1.29 is 14.3 Å². The van der Waals surface area contributed by atoms with Gasteiger partial charge in [0.15, 0.2) is 5.82 Å². The zero-order valence-corrected chi connectivity index (χ0v) is 18.5. The predicted molar refractivity (Wildman–Crippen MR) is 124 cm³/mol. The second-order valence-corrected chi connectivity index (χ2v) is 7.28. The van der Waals surface area contributed by atoms with Crippen LogP contribution in [0.5, 0.6) is 5.75 Å². The number of nitrogens with zero attached hydrogens (tertiary/aromatic N) is 3. The van der Waals surface area contributed by atoms with Gasteiger partial charge in [-0.3, -0.25) is 15.1 Å². The molecule has 1 aromatic heterocycles. The molecule has 9 nitrogen and oxygen atoms in total. The molecule has 0 unspecified atom stereocenters. The van der Waals surface area contributed by atoms with Gasteiger partial charge >= 0.3 is 6.03 Å². The summed E-state index contributed by atoms with van der Waals surface area (Å²) >= 11 is 0. The third-order valence-electron chi connectivity index (χ3n) is 4.61. The average molecular weight is 435 g/mol. The predicted octanol–water partition coefficient (Wildman–Crippen LogP) is 3.43. The maximum absolute atomic E-state index is 12.5. The number of hydrogen-bond donors (Lipinski definition) is 3. The number of aryl methyl sites for hydroxylation is 1. The van der Waals surface area contributed by atoms with Crippen molar-refractivity contribution in [3.63, 3.8) is 0 Å². The molecule has 0 atom stereocenters. The van der Waals surface area contributed by atoms with Crippen LogP contribution in [-0.4, -0.2) is 43.1 Å². The average Bonchev–Trinajstić information content (AvgIpc) is 2.79. The molecule has 9 heteroatoms. The van der Waals surface area contributed by atoms with Gasteiger partial charge in [0.2, 0.25) is 0 Å². The fourth-order valence-corrected chi connectivity index (χ4v) is 2.89. The summed E-state index contributed by atoms with van der Waals surface area (Å²) in [7, 11) is 5.36. The SMILES string of the molecule is COc1cc(CNC(=O)c2cccc(N(C)C)c2)ccc1NC(=O)Nc1cnc(C)cn1. The summed E-state index contributed by atoms with van der Waals surface area (Å²) in [5.74, 6) is 0.634. The number of nitrogens with one attached hydrogen (secondary N) is 3. The van der Waals surface area contributed by atoms with E-state index >= 15 is 0 Å². The Morgan fingerprint density at radius 3 is 2.53 bits per heavy atom. The fraction of sp³-hybridized carbons (Fsp3) is 0.217. The zero-order chi connectivity index (χ0) is 23.1. The molecule has 3 rings (SSSR count). The lowest BCUT2D eigenvalue weighted by atomic mass is 10.1. The van der Waals surface area contributed by atoms with Crippen molar-refractivity contribution in [1.82, 2.24) is 15.3 Å². The van der Waals surface area contributed by atoms with Gasteiger partial charge in [0.25, 0.3) is 5.91 Å². The van der Waals surface area contributed by atoms with Crippen LogP contribution < -0.4 is 25.6 Å². The highest BCUT2D eigenvalue weighted by atomic mass is 16.5. The van der Waals surface area contributed by atoms with Crippen molar-refractivity contribution in [2.75, 3.05) is 36.7 Å². The first kappa shape index (κ1) is 22.5. The van der Waals surface area contributed by atoms with E-state index in [4.69, 9.17) is 4.74 Å². The van der Waals surface area contributed by atoms with Gasteiger partial charge in [-0.1, -0.05) is 12.1 Å². The molecule has 0 aliphatic carbocycles. The molecule has 32 heavy (non-hydrogen) atoms. The summed E-state index contributed by atoms with van der Waals surface area (Å²) in [5, 5.41) is 8.24. The van der Waals surface area contributed by atoms with Gasteiger partial charge in [-0.15, -0.1) is 0 Å². The van der Waals surface area contributed by atoms with Crippen LogP contribution in [0.3, 0.4) is 0 Å². The smallest absolute Gasteiger partial charge is 0.324 e. The first-order valence-corrected chi connectivity index (χ1v) is 9.95. The molecule has 0 saturated carbocycles. The summed E-state index contributed by atoms with van der Waals surface area (Å²) in [6, 6.07) is 12.2. The van der Waals surface area contributed by atoms with Crippen LogP contribution in [0.2, 0.25) is 0 Å². The van der Waals surface area contributed by atoms with Crippen molar-refractivity contribution in [3.8, 4) is 5.75 Å². The van der Waals surface area contributed by atoms with E-state index in [1.807, 2.05) is 44.1 Å². The minimum atomic E-state index is -0.469. The number of hydrogen-bond acceptors (Lipinski definition) is 6. The number of aromatic nitrogens is 2. The molecular formula is C23H26N6O3. The van der Waals surface area contributed by atoms with E-state index < -0.39 is 6.03 Å². The quantitative estimate of drug-likeness (QED) is 0.526. The van der Waals surface area contributed by atoms with Crippen molar-refractivity contribution in [2.45, 2.75) is 13.5 Å². The Hall–Kier alpha value is -4.14. The minimum Gasteiger partial charge on any atom is -0.495 e. The van der Waals surface area contributed by atoms with Crippen LogP contribution in [0.4, 0.5) is 22.0 Å². The zero-order valence-electron chi connectivity index (χ0n) is 18.5. The van der Waals surface area contributed by atoms with E-state index in [1.54, 1.807) is 30.5 Å². The standard InChI is InChI=1S/C23H26N6O3/c1-15-12-25-21(14-24-15)28-23(31)27-19-9-8-16(10-20(19)32-4)13-26-22(30)17-6-5-7-18(11-17)29(2)3/h5-12,14H,13H2,1-4H3,(H,26,30)(H2,25,27,28,31). The Balaban J connectivity index is 1.62. The second kappa shape index (κ2) is 10.3. The molecule has 0 saturated heterocycles. The van der Waals surface area contributed by atoms with E-state index in [0.29, 0.717) is 29.4 Å². The van der Waals surface area contributed by atoms with Gasteiger partial charge < -0.3 is 20.3 Å². The Bertz CT molecular complexity index is 1100. The lowest BCUT2D eigenvalue weighted by molar-refractivity contribution is 0.0951. The molecule has 0 spiro atoms. The molecule has 0 aliphatic rings. The van der Waals surface area contributed by atoms with Crippen LogP contribution in [0, 0.1) is 6.92 Å². The number of rotatable bonds is 7. The number of benzene rings is 2. The number of methoxy groups -OCH3 is 1. The first-order chi connectivity index (χ1) is 15.4. The molecule has 2 aromatic carbocycles. The maximum atomic E-state index is 12.5. The molecular weight excluding hydrogens is 408 g/mol. The molecule has 3 aromatic rings. The number of carbonyl (C=O) groups is 2. The highest BCUT2D eigenvalue weighted by molar-refractivity contribution is 6.00. The first-order valence-electron chi connectivity index (χ1n) is 9.95. The molecule has 3 amide bonds. The highest BCUT2D eigenvalue weighted by Gasteiger charge is 2.11. The van der Waals surface area contributed by atoms with Gasteiger partial charge in [-0.2, -0.15) is 0 Å². The Morgan fingerprint density at radius 1 is 1.03 bits per heavy atom. The van der Waals surface area contributed by atoms with Crippen molar-refractivity contribution in [3.05, 3.63) is 71.7 Å². The summed E-state index contributed by atoms with van der Waals surface area (Å²) in [6.07, 6.45) is 3.04. The van der Waals surface area contributed by atoms with Gasteiger partial charge in [0, 0.05) is 31.9 Å². The van der Waals surface area contributed by atoms with E-state index in [2.05, 4.69) is 25.9 Å². The number of urea groups is 1. The molecule has 0 bridgehead atoms. The van der Waals surface area contributed by atoms with Crippen LogP contribution >= 0.6 is 0 Å². The minimum absolute atomic E-state index is 0.173. The number of anilines is 3. The van der Waals surface area contributed by atoms with Crippen LogP contribution in [-0.2, 0) is 6.54 Å².